The number of rotatable bonds is 9. The third kappa shape index (κ3) is 5.09. The van der Waals surface area contributed by atoms with Gasteiger partial charge in [-0.15, -0.1) is 0 Å². The fraction of sp³-hybridized carbons (Fsp3) is 0.280. The average molecular weight is 463 g/mol. The summed E-state index contributed by atoms with van der Waals surface area (Å²) >= 11 is 0. The van der Waals surface area contributed by atoms with Crippen molar-refractivity contribution >= 4 is 18.0 Å². The maximum absolute atomic E-state index is 12.4. The molecule has 9 heteroatoms. The number of carbonyl (C=O) groups is 3. The summed E-state index contributed by atoms with van der Waals surface area (Å²) in [7, 11) is 0. The quantitative estimate of drug-likeness (QED) is 0.442. The highest BCUT2D eigenvalue weighted by atomic mass is 16.5. The Balaban J connectivity index is 1.31. The van der Waals surface area contributed by atoms with Crippen LogP contribution in [-0.2, 0) is 16.1 Å². The molecule has 2 aromatic carbocycles. The number of alkyl carbamates (subject to hydrolysis) is 1. The van der Waals surface area contributed by atoms with Crippen molar-refractivity contribution in [2.24, 2.45) is 5.92 Å². The number of hydrogen-bond donors (Lipinski definition) is 3. The molecule has 9 nitrogen and oxygen atoms in total. The van der Waals surface area contributed by atoms with Crippen LogP contribution in [0.25, 0.3) is 11.1 Å². The molecule has 3 aromatic rings. The number of carboxylic acid groups (broad SMARTS) is 1. The van der Waals surface area contributed by atoms with Crippen molar-refractivity contribution in [3.8, 4) is 11.1 Å². The van der Waals surface area contributed by atoms with E-state index in [-0.39, 0.29) is 49.2 Å². The number of fused-ring (bicyclic) bond motifs is 3. The third-order valence-electron chi connectivity index (χ3n) is 5.77. The van der Waals surface area contributed by atoms with Crippen LogP contribution in [0.5, 0.6) is 0 Å². The second-order valence-electron chi connectivity index (χ2n) is 8.27. The molecular weight excluding hydrogens is 438 g/mol. The fourth-order valence-electron chi connectivity index (χ4n) is 4.11. The van der Waals surface area contributed by atoms with Crippen molar-refractivity contribution in [3.63, 3.8) is 0 Å². The van der Waals surface area contributed by atoms with Crippen LogP contribution in [0.2, 0.25) is 0 Å². The minimum Gasteiger partial charge on any atom is -0.481 e. The van der Waals surface area contributed by atoms with Crippen LogP contribution in [0.1, 0.15) is 46.4 Å². The van der Waals surface area contributed by atoms with E-state index in [0.717, 1.165) is 22.3 Å². The van der Waals surface area contributed by atoms with Gasteiger partial charge in [0.25, 0.3) is 5.91 Å². The first kappa shape index (κ1) is 23.0. The zero-order valence-corrected chi connectivity index (χ0v) is 18.6. The topological polar surface area (TPSA) is 131 Å². The van der Waals surface area contributed by atoms with Crippen molar-refractivity contribution < 1.29 is 28.8 Å². The highest BCUT2D eigenvalue weighted by Crippen LogP contribution is 2.44. The second-order valence-corrected chi connectivity index (χ2v) is 8.27. The summed E-state index contributed by atoms with van der Waals surface area (Å²) in [6.07, 6.45) is 0.498. The zero-order chi connectivity index (χ0) is 24.1. The van der Waals surface area contributed by atoms with Crippen LogP contribution >= 0.6 is 0 Å². The third-order valence-corrected chi connectivity index (χ3v) is 5.77. The van der Waals surface area contributed by atoms with Gasteiger partial charge in [-0.2, -0.15) is 0 Å². The standard InChI is InChI=1S/C25H25N3O6/c1-15(10-23(29)30)11-26-24(31)21-14-34-28-22(21)12-27-25(32)33-13-20-18-8-4-2-6-16(18)17-7-3-5-9-19(17)20/h2-9,14-15,20H,10-13H2,1H3,(H,26,31)(H,27,32)(H,29,30). The molecule has 176 valence electrons. The molecular formula is C25H25N3O6. The molecule has 34 heavy (non-hydrogen) atoms. The molecule has 0 saturated carbocycles. The molecule has 1 aliphatic carbocycles. The van der Waals surface area contributed by atoms with Crippen LogP contribution in [0.3, 0.4) is 0 Å². The number of amides is 2. The van der Waals surface area contributed by atoms with E-state index < -0.39 is 18.0 Å². The van der Waals surface area contributed by atoms with Crippen LogP contribution in [0, 0.1) is 5.92 Å². The molecule has 2 amide bonds. The summed E-state index contributed by atoms with van der Waals surface area (Å²) in [6, 6.07) is 16.1. The van der Waals surface area contributed by atoms with Gasteiger partial charge in [0.15, 0.2) is 0 Å². The highest BCUT2D eigenvalue weighted by molar-refractivity contribution is 5.95. The van der Waals surface area contributed by atoms with E-state index in [0.29, 0.717) is 0 Å². The normalized spacial score (nSPS) is 13.0. The Labute approximate surface area is 196 Å². The zero-order valence-electron chi connectivity index (χ0n) is 18.6. The van der Waals surface area contributed by atoms with Gasteiger partial charge in [0.2, 0.25) is 0 Å². The Morgan fingerprint density at radius 1 is 1.06 bits per heavy atom. The molecule has 0 radical (unpaired) electrons. The maximum Gasteiger partial charge on any atom is 0.407 e. The minimum atomic E-state index is -0.931. The molecule has 0 bridgehead atoms. The molecule has 0 saturated heterocycles. The van der Waals surface area contributed by atoms with E-state index in [9.17, 15) is 14.4 Å². The van der Waals surface area contributed by atoms with Gasteiger partial charge in [0, 0.05) is 18.9 Å². The first-order valence-electron chi connectivity index (χ1n) is 11.0. The summed E-state index contributed by atoms with van der Waals surface area (Å²) in [6.45, 7) is 2.03. The van der Waals surface area contributed by atoms with E-state index in [1.54, 1.807) is 6.92 Å². The van der Waals surface area contributed by atoms with E-state index in [1.165, 1.54) is 6.26 Å². The smallest absolute Gasteiger partial charge is 0.407 e. The Bertz CT molecular complexity index is 1160. The van der Waals surface area contributed by atoms with E-state index in [4.69, 9.17) is 14.4 Å². The van der Waals surface area contributed by atoms with Gasteiger partial charge in [0.05, 0.1) is 6.54 Å². The largest absolute Gasteiger partial charge is 0.481 e. The molecule has 1 atom stereocenters. The van der Waals surface area contributed by atoms with Gasteiger partial charge in [-0.05, 0) is 28.2 Å². The highest BCUT2D eigenvalue weighted by Gasteiger charge is 2.29. The number of ether oxygens (including phenoxy) is 1. The molecule has 3 N–H and O–H groups in total. The van der Waals surface area contributed by atoms with Gasteiger partial charge < -0.3 is 25.0 Å². The summed E-state index contributed by atoms with van der Waals surface area (Å²) in [4.78, 5) is 35.5. The lowest BCUT2D eigenvalue weighted by atomic mass is 9.98. The van der Waals surface area contributed by atoms with Crippen LogP contribution in [-0.4, -0.2) is 41.4 Å². The Morgan fingerprint density at radius 3 is 2.35 bits per heavy atom. The monoisotopic (exact) mass is 463 g/mol. The van der Waals surface area contributed by atoms with Gasteiger partial charge in [-0.3, -0.25) is 9.59 Å². The number of carboxylic acids is 1. The molecule has 4 rings (SSSR count). The predicted molar refractivity (Wildman–Crippen MR) is 122 cm³/mol. The van der Waals surface area contributed by atoms with E-state index in [1.807, 2.05) is 36.4 Å². The van der Waals surface area contributed by atoms with Crippen LogP contribution in [0.15, 0.2) is 59.3 Å². The molecule has 1 aromatic heterocycles. The lowest BCUT2D eigenvalue weighted by Crippen LogP contribution is -2.31. The maximum atomic E-state index is 12.4. The fourth-order valence-corrected chi connectivity index (χ4v) is 4.11. The van der Waals surface area contributed by atoms with Gasteiger partial charge >= 0.3 is 12.1 Å². The number of nitrogens with zero attached hydrogens (tertiary/aromatic N) is 1. The lowest BCUT2D eigenvalue weighted by molar-refractivity contribution is -0.137. The number of carbonyl (C=O) groups excluding carboxylic acids is 2. The molecule has 0 spiro atoms. The first-order valence-corrected chi connectivity index (χ1v) is 11.0. The molecule has 1 unspecified atom stereocenters. The number of aromatic nitrogens is 1. The molecule has 0 fully saturated rings. The first-order chi connectivity index (χ1) is 16.4. The predicted octanol–water partition coefficient (Wildman–Crippen LogP) is 3.55. The minimum absolute atomic E-state index is 0.0550. The van der Waals surface area contributed by atoms with Crippen molar-refractivity contribution in [1.82, 2.24) is 15.8 Å². The molecule has 1 heterocycles. The Morgan fingerprint density at radius 2 is 1.71 bits per heavy atom. The van der Waals surface area contributed by atoms with E-state index in [2.05, 4.69) is 27.9 Å². The number of aliphatic carboxylic acids is 1. The summed E-state index contributed by atoms with van der Waals surface area (Å²) in [5.74, 6) is -1.68. The van der Waals surface area contributed by atoms with Gasteiger partial charge in [0.1, 0.15) is 24.1 Å². The number of benzene rings is 2. The van der Waals surface area contributed by atoms with Gasteiger partial charge in [-0.25, -0.2) is 4.79 Å². The lowest BCUT2D eigenvalue weighted by Gasteiger charge is -2.14. The van der Waals surface area contributed by atoms with Crippen LogP contribution < -0.4 is 10.6 Å². The van der Waals surface area contributed by atoms with Gasteiger partial charge in [-0.1, -0.05) is 60.6 Å². The summed E-state index contributed by atoms with van der Waals surface area (Å²) in [5.41, 5.74) is 4.93. The Hall–Kier alpha value is -4.14. The second kappa shape index (κ2) is 10.2. The number of nitrogens with one attached hydrogen (secondary N) is 2. The Kier molecular flexibility index (Phi) is 6.91. The summed E-state index contributed by atoms with van der Waals surface area (Å²) in [5, 5.41) is 17.9. The average Bonchev–Trinajstić information content (AvgIpc) is 3.42. The van der Waals surface area contributed by atoms with Crippen molar-refractivity contribution in [3.05, 3.63) is 77.2 Å². The molecule has 0 aliphatic heterocycles. The number of hydrogen-bond acceptors (Lipinski definition) is 6. The SMILES string of the molecule is CC(CNC(=O)c1conc1CNC(=O)OCC1c2ccccc2-c2ccccc21)CC(=O)O. The van der Waals surface area contributed by atoms with Crippen molar-refractivity contribution in [2.75, 3.05) is 13.2 Å². The van der Waals surface area contributed by atoms with Crippen LogP contribution in [0.4, 0.5) is 4.79 Å². The van der Waals surface area contributed by atoms with Crippen molar-refractivity contribution in [1.29, 1.82) is 0 Å². The van der Waals surface area contributed by atoms with Crippen molar-refractivity contribution in [2.45, 2.75) is 25.8 Å². The summed E-state index contributed by atoms with van der Waals surface area (Å²) < 4.78 is 10.4. The van der Waals surface area contributed by atoms with E-state index >= 15 is 0 Å². The molecule has 1 aliphatic rings.